The topological polar surface area (TPSA) is 60.4 Å². The van der Waals surface area contributed by atoms with Gasteiger partial charge in [0.05, 0.1) is 0 Å². The van der Waals surface area contributed by atoms with Gasteiger partial charge in [-0.2, -0.15) is 0 Å². The van der Waals surface area contributed by atoms with Crippen molar-refractivity contribution in [3.8, 4) is 0 Å². The molecule has 0 bridgehead atoms. The molecule has 0 aromatic rings. The normalized spacial score (nSPS) is 14.8. The van der Waals surface area contributed by atoms with E-state index in [2.05, 4.69) is 0 Å². The molecule has 0 aliphatic rings. The second-order valence-corrected chi connectivity index (χ2v) is 11.4. The quantitative estimate of drug-likeness (QED) is 0.702. The Morgan fingerprint density at radius 2 is 1.24 bits per heavy atom. The van der Waals surface area contributed by atoms with Crippen molar-refractivity contribution in [2.24, 2.45) is 0 Å². The summed E-state index contributed by atoms with van der Waals surface area (Å²) in [4.78, 5) is 9.44. The van der Waals surface area contributed by atoms with E-state index in [9.17, 15) is 13.9 Å². The van der Waals surface area contributed by atoms with Crippen LogP contribution in [0.4, 0.5) is 0 Å². The molecule has 0 aliphatic heterocycles. The number of carbonyl (C=O) groups is 1. The fourth-order valence-electron chi connectivity index (χ4n) is 0.498. The molecular weight excluding hydrogens is 258 g/mol. The minimum absolute atomic E-state index is 0. The van der Waals surface area contributed by atoms with Crippen molar-refractivity contribution in [2.45, 2.75) is 47.2 Å². The highest BCUT2D eigenvalue weighted by atomic mass is 31.2. The largest absolute Gasteiger partial charge is 0.300 e. The Balaban J connectivity index is -0.000000340. The Kier molecular flexibility index (Phi) is 9.84. The molecule has 6 heteroatoms. The van der Waals surface area contributed by atoms with E-state index in [1.54, 1.807) is 0 Å². The van der Waals surface area contributed by atoms with E-state index in [1.807, 2.05) is 20.8 Å². The van der Waals surface area contributed by atoms with Crippen LogP contribution < -0.4 is 0 Å². The van der Waals surface area contributed by atoms with E-state index in [0.717, 1.165) is 0 Å². The van der Waals surface area contributed by atoms with Crippen molar-refractivity contribution >= 4 is 20.5 Å². The first-order valence-electron chi connectivity index (χ1n) is 5.00. The van der Waals surface area contributed by atoms with Crippen LogP contribution in [-0.4, -0.2) is 30.9 Å². The minimum atomic E-state index is -2.76. The van der Waals surface area contributed by atoms with Crippen LogP contribution in [0.2, 0.25) is 0 Å². The first-order valence-corrected chi connectivity index (χ1v) is 9.59. The molecule has 0 aliphatic carbocycles. The van der Waals surface area contributed by atoms with Gasteiger partial charge in [-0.15, -0.1) is 0 Å². The van der Waals surface area contributed by atoms with E-state index in [4.69, 9.17) is 4.31 Å². The summed E-state index contributed by atoms with van der Waals surface area (Å²) in [5.74, 6) is 0.167. The molecule has 1 unspecified atom stereocenters. The van der Waals surface area contributed by atoms with Crippen LogP contribution in [-0.2, 0) is 18.2 Å². The summed E-state index contributed by atoms with van der Waals surface area (Å²) in [5.41, 5.74) is 0. The molecule has 0 radical (unpaired) electrons. The lowest BCUT2D eigenvalue weighted by atomic mass is 10.3. The van der Waals surface area contributed by atoms with Crippen LogP contribution in [0.15, 0.2) is 0 Å². The first-order chi connectivity index (χ1) is 6.69. The Hall–Kier alpha value is 0.0900. The van der Waals surface area contributed by atoms with Gasteiger partial charge in [0.2, 0.25) is 14.7 Å². The molecule has 0 aromatic heterocycles. The second kappa shape index (κ2) is 7.51. The number of ketones is 1. The van der Waals surface area contributed by atoms with Gasteiger partial charge < -0.3 is 4.79 Å². The van der Waals surface area contributed by atoms with Crippen molar-refractivity contribution in [1.29, 1.82) is 0 Å². The van der Waals surface area contributed by atoms with Gasteiger partial charge in [-0.3, -0.25) is 13.4 Å². The zero-order valence-electron chi connectivity index (χ0n) is 11.5. The smallest absolute Gasteiger partial charge is 0.210 e. The standard InChI is InChI=1S/C7H18O3P2.C3H6O.CH4/c1-7(2,3)12(6,9)10-11(4,5)8;1-3(2)4;/h1-6H3;1-2H3;1H4. The zero-order valence-corrected chi connectivity index (χ0v) is 13.3. The highest BCUT2D eigenvalue weighted by Gasteiger charge is 2.36. The minimum Gasteiger partial charge on any atom is -0.300 e. The number of carbonyl (C=O) groups excluding carboxylic acids is 1. The molecule has 0 amide bonds. The number of hydrogen-bond acceptors (Lipinski definition) is 4. The van der Waals surface area contributed by atoms with E-state index < -0.39 is 19.9 Å². The van der Waals surface area contributed by atoms with E-state index in [1.165, 1.54) is 33.8 Å². The molecule has 17 heavy (non-hydrogen) atoms. The molecule has 0 N–H and O–H groups in total. The lowest BCUT2D eigenvalue weighted by Crippen LogP contribution is -2.15. The fourth-order valence-corrected chi connectivity index (χ4v) is 4.48. The highest BCUT2D eigenvalue weighted by Crippen LogP contribution is 2.64. The van der Waals surface area contributed by atoms with Crippen molar-refractivity contribution in [3.63, 3.8) is 0 Å². The van der Waals surface area contributed by atoms with Gasteiger partial charge in [0, 0.05) is 25.2 Å². The molecule has 1 atom stereocenters. The van der Waals surface area contributed by atoms with Gasteiger partial charge in [0.25, 0.3) is 0 Å². The van der Waals surface area contributed by atoms with Gasteiger partial charge in [0.15, 0.2) is 0 Å². The van der Waals surface area contributed by atoms with E-state index in [0.29, 0.717) is 0 Å². The molecule has 0 spiro atoms. The number of rotatable bonds is 2. The van der Waals surface area contributed by atoms with E-state index >= 15 is 0 Å². The third-order valence-electron chi connectivity index (χ3n) is 1.57. The number of hydrogen-bond donors (Lipinski definition) is 0. The van der Waals surface area contributed by atoms with Gasteiger partial charge in [0.1, 0.15) is 5.78 Å². The summed E-state index contributed by atoms with van der Waals surface area (Å²) in [7, 11) is -5.41. The van der Waals surface area contributed by atoms with Crippen LogP contribution in [0.25, 0.3) is 0 Å². The predicted molar refractivity (Wildman–Crippen MR) is 76.9 cm³/mol. The maximum absolute atomic E-state index is 11.9. The molecule has 0 heterocycles. The fraction of sp³-hybridized carbons (Fsp3) is 0.909. The summed E-state index contributed by atoms with van der Waals surface area (Å²) in [6.45, 7) is 13.0. The van der Waals surface area contributed by atoms with Crippen molar-refractivity contribution < 1.29 is 18.2 Å². The monoisotopic (exact) mass is 286 g/mol. The lowest BCUT2D eigenvalue weighted by molar-refractivity contribution is -0.114. The summed E-state index contributed by atoms with van der Waals surface area (Å²) in [5, 5.41) is -0.436. The van der Waals surface area contributed by atoms with Crippen molar-refractivity contribution in [2.75, 3.05) is 20.0 Å². The highest BCUT2D eigenvalue weighted by molar-refractivity contribution is 7.71. The maximum atomic E-state index is 11.9. The molecule has 0 rings (SSSR count). The molecule has 4 nitrogen and oxygen atoms in total. The molecule has 0 saturated heterocycles. The first kappa shape index (κ1) is 22.3. The van der Waals surface area contributed by atoms with Crippen LogP contribution in [0.5, 0.6) is 0 Å². The van der Waals surface area contributed by atoms with E-state index in [-0.39, 0.29) is 13.2 Å². The lowest BCUT2D eigenvalue weighted by Gasteiger charge is -2.28. The Morgan fingerprint density at radius 3 is 1.29 bits per heavy atom. The zero-order chi connectivity index (χ0) is 13.8. The Bertz CT molecular complexity index is 319. The SMILES string of the molecule is C.CC(C)(C)P(C)(=O)OP(C)(C)=O.CC(C)=O. The third-order valence-corrected chi connectivity index (χ3v) is 6.83. The van der Waals surface area contributed by atoms with Gasteiger partial charge in [-0.25, -0.2) is 0 Å². The summed E-state index contributed by atoms with van der Waals surface area (Å²) >= 11 is 0. The summed E-state index contributed by atoms with van der Waals surface area (Å²) in [6, 6.07) is 0. The summed E-state index contributed by atoms with van der Waals surface area (Å²) < 4.78 is 28.2. The molecule has 106 valence electrons. The Morgan fingerprint density at radius 1 is 1.00 bits per heavy atom. The second-order valence-electron chi connectivity index (χ2n) is 5.26. The van der Waals surface area contributed by atoms with Gasteiger partial charge in [-0.05, 0) is 13.8 Å². The van der Waals surface area contributed by atoms with Crippen molar-refractivity contribution in [3.05, 3.63) is 0 Å². The maximum Gasteiger partial charge on any atom is 0.210 e. The average molecular weight is 286 g/mol. The van der Waals surface area contributed by atoms with Crippen LogP contribution >= 0.6 is 14.7 Å². The predicted octanol–water partition coefficient (Wildman–Crippen LogP) is 4.48. The van der Waals surface area contributed by atoms with Gasteiger partial charge >= 0.3 is 0 Å². The Labute approximate surface area is 106 Å². The van der Waals surface area contributed by atoms with Crippen LogP contribution in [0.3, 0.4) is 0 Å². The third kappa shape index (κ3) is 14.0. The number of Topliss-reactive ketones (excluding diaryl/α,β-unsaturated/α-hetero) is 1. The average Bonchev–Trinajstić information content (AvgIpc) is 1.74. The van der Waals surface area contributed by atoms with Gasteiger partial charge in [-0.1, -0.05) is 28.2 Å². The van der Waals surface area contributed by atoms with Crippen LogP contribution in [0, 0.1) is 0 Å². The van der Waals surface area contributed by atoms with Crippen molar-refractivity contribution in [1.82, 2.24) is 0 Å². The summed E-state index contributed by atoms with van der Waals surface area (Å²) in [6.07, 6.45) is 0. The molecule has 0 fully saturated rings. The van der Waals surface area contributed by atoms with Crippen LogP contribution in [0.1, 0.15) is 42.0 Å². The molecule has 0 saturated carbocycles. The molecule has 0 aromatic carbocycles. The molecular formula is C11H28O4P2.